The van der Waals surface area contributed by atoms with Gasteiger partial charge in [-0.3, -0.25) is 0 Å². The van der Waals surface area contributed by atoms with Crippen molar-refractivity contribution in [1.82, 2.24) is 5.32 Å². The van der Waals surface area contributed by atoms with Crippen molar-refractivity contribution in [3.05, 3.63) is 34.2 Å². The van der Waals surface area contributed by atoms with Crippen molar-refractivity contribution in [2.24, 2.45) is 5.11 Å². The molecule has 0 aromatic rings. The van der Waals surface area contributed by atoms with Crippen molar-refractivity contribution in [3.63, 3.8) is 0 Å². The lowest BCUT2D eigenvalue weighted by Gasteiger charge is -2.08. The Bertz CT molecular complexity index is 344. The Morgan fingerprint density at radius 1 is 1.62 bits per heavy atom. The first-order chi connectivity index (χ1) is 6.15. The predicted molar refractivity (Wildman–Crippen MR) is 49.1 cm³/mol. The molecule has 1 aliphatic heterocycles. The van der Waals surface area contributed by atoms with Crippen molar-refractivity contribution in [3.8, 4) is 0 Å². The van der Waals surface area contributed by atoms with Crippen LogP contribution < -0.4 is 5.32 Å². The number of dihydropyridines is 1. The maximum atomic E-state index is 10.5. The van der Waals surface area contributed by atoms with E-state index in [1.165, 1.54) is 6.08 Å². The summed E-state index contributed by atoms with van der Waals surface area (Å²) in [5, 5.41) is 14.2. The van der Waals surface area contributed by atoms with E-state index in [1.807, 2.05) is 0 Å². The lowest BCUT2D eigenvalue weighted by atomic mass is 10.2. The van der Waals surface area contributed by atoms with Crippen LogP contribution in [-0.4, -0.2) is 11.1 Å². The summed E-state index contributed by atoms with van der Waals surface area (Å²) >= 11 is 3.19. The van der Waals surface area contributed by atoms with E-state index in [1.54, 1.807) is 12.3 Å². The van der Waals surface area contributed by atoms with Crippen LogP contribution in [0.15, 0.2) is 39.3 Å². The highest BCUT2D eigenvalue weighted by Crippen LogP contribution is 2.15. The molecule has 0 fully saturated rings. The molecule has 5 nitrogen and oxygen atoms in total. The fraction of sp³-hybridized carbons (Fsp3) is 0. The summed E-state index contributed by atoms with van der Waals surface area (Å²) in [7, 11) is 0. The van der Waals surface area contributed by atoms with Gasteiger partial charge in [-0.15, -0.1) is 5.11 Å². The van der Waals surface area contributed by atoms with Crippen LogP contribution in [0.25, 0.3) is 0 Å². The number of hydrogen-bond acceptors (Lipinski definition) is 4. The Kier molecular flexibility index (Phi) is 2.97. The van der Waals surface area contributed by atoms with Crippen LogP contribution >= 0.6 is 15.9 Å². The number of nitrogens with one attached hydrogen (secondary N) is 2. The molecular formula is C7H6BrN3O2. The maximum absolute atomic E-state index is 10.5. The summed E-state index contributed by atoms with van der Waals surface area (Å²) < 4.78 is 0.797. The predicted octanol–water partition coefficient (Wildman–Crippen LogP) is 1.71. The summed E-state index contributed by atoms with van der Waals surface area (Å²) in [6.45, 7) is 0. The second kappa shape index (κ2) is 3.99. The summed E-state index contributed by atoms with van der Waals surface area (Å²) in [5.41, 5.74) is 6.64. The minimum Gasteiger partial charge on any atom is -0.476 e. The Morgan fingerprint density at radius 2 is 2.31 bits per heavy atom. The van der Waals surface area contributed by atoms with Crippen molar-refractivity contribution in [2.75, 3.05) is 0 Å². The third-order valence-electron chi connectivity index (χ3n) is 1.34. The minimum atomic E-state index is -1.23. The summed E-state index contributed by atoms with van der Waals surface area (Å²) in [4.78, 5) is 10.5. The molecule has 1 rings (SSSR count). The molecular weight excluding hydrogens is 238 g/mol. The Morgan fingerprint density at radius 3 is 2.69 bits per heavy atom. The molecule has 0 aromatic carbocycles. The van der Waals surface area contributed by atoms with Crippen LogP contribution in [0.5, 0.6) is 0 Å². The molecule has 0 bridgehead atoms. The van der Waals surface area contributed by atoms with Crippen molar-refractivity contribution < 1.29 is 9.90 Å². The van der Waals surface area contributed by atoms with Gasteiger partial charge in [-0.2, -0.15) is 0 Å². The largest absolute Gasteiger partial charge is 0.476 e. The molecule has 0 aliphatic carbocycles. The number of hydrogen-bond donors (Lipinski definition) is 3. The van der Waals surface area contributed by atoms with Gasteiger partial charge in [-0.1, -0.05) is 0 Å². The first-order valence-electron chi connectivity index (χ1n) is 3.30. The number of carboxylic acids is 1. The third-order valence-corrected chi connectivity index (χ3v) is 1.84. The lowest BCUT2D eigenvalue weighted by Crippen LogP contribution is -2.13. The summed E-state index contributed by atoms with van der Waals surface area (Å²) in [5.74, 6) is -1.23. The number of carbonyl (C=O) groups is 1. The van der Waals surface area contributed by atoms with Gasteiger partial charge in [0.25, 0.3) is 0 Å². The molecule has 0 unspecified atom stereocenters. The molecule has 6 heteroatoms. The van der Waals surface area contributed by atoms with E-state index in [4.69, 9.17) is 10.6 Å². The second-order valence-corrected chi connectivity index (χ2v) is 3.10. The number of allylic oxidation sites excluding steroid dienone is 3. The highest BCUT2D eigenvalue weighted by molar-refractivity contribution is 9.11. The van der Waals surface area contributed by atoms with Crippen molar-refractivity contribution in [2.45, 2.75) is 0 Å². The molecule has 0 atom stereocenters. The molecule has 0 radical (unpaired) electrons. The SMILES string of the molecule is N=N/C(C(=O)O)=C1/C=CC(Br)=CN1. The van der Waals surface area contributed by atoms with Crippen LogP contribution in [0.2, 0.25) is 0 Å². The third kappa shape index (κ3) is 2.25. The molecule has 1 aliphatic rings. The van der Waals surface area contributed by atoms with E-state index in [0.29, 0.717) is 5.70 Å². The van der Waals surface area contributed by atoms with E-state index in [0.717, 1.165) is 4.48 Å². The Labute approximate surface area is 82.5 Å². The zero-order valence-corrected chi connectivity index (χ0v) is 8.00. The van der Waals surface area contributed by atoms with Gasteiger partial charge >= 0.3 is 5.97 Å². The van der Waals surface area contributed by atoms with E-state index in [2.05, 4.69) is 26.4 Å². The molecule has 0 spiro atoms. The maximum Gasteiger partial charge on any atom is 0.358 e. The fourth-order valence-electron chi connectivity index (χ4n) is 0.776. The average Bonchev–Trinajstić information content (AvgIpc) is 2.09. The number of aliphatic carboxylic acids is 1. The molecule has 1 heterocycles. The van der Waals surface area contributed by atoms with Gasteiger partial charge in [0.1, 0.15) is 0 Å². The second-order valence-electron chi connectivity index (χ2n) is 2.19. The average molecular weight is 244 g/mol. The topological polar surface area (TPSA) is 85.5 Å². The Hall–Kier alpha value is -1.43. The van der Waals surface area contributed by atoms with Gasteiger partial charge in [0, 0.05) is 10.7 Å². The molecule has 0 aromatic heterocycles. The summed E-state index contributed by atoms with van der Waals surface area (Å²) in [6, 6.07) is 0. The van der Waals surface area contributed by atoms with Gasteiger partial charge in [-0.05, 0) is 28.1 Å². The van der Waals surface area contributed by atoms with Gasteiger partial charge < -0.3 is 10.4 Å². The van der Waals surface area contributed by atoms with Crippen LogP contribution in [0.4, 0.5) is 0 Å². The normalized spacial score (nSPS) is 18.7. The van der Waals surface area contributed by atoms with Crippen LogP contribution in [0.3, 0.4) is 0 Å². The van der Waals surface area contributed by atoms with Crippen LogP contribution in [0.1, 0.15) is 0 Å². The van der Waals surface area contributed by atoms with Crippen LogP contribution in [0, 0.1) is 5.53 Å². The van der Waals surface area contributed by atoms with Crippen molar-refractivity contribution >= 4 is 21.9 Å². The molecule has 0 amide bonds. The lowest BCUT2D eigenvalue weighted by molar-refractivity contribution is -0.132. The van der Waals surface area contributed by atoms with Gasteiger partial charge in [0.15, 0.2) is 5.70 Å². The van der Waals surface area contributed by atoms with Gasteiger partial charge in [0.05, 0.1) is 5.70 Å². The highest BCUT2D eigenvalue weighted by Gasteiger charge is 2.12. The van der Waals surface area contributed by atoms with E-state index >= 15 is 0 Å². The number of rotatable bonds is 2. The number of halogens is 1. The van der Waals surface area contributed by atoms with Gasteiger partial charge in [-0.25, -0.2) is 10.3 Å². The first kappa shape index (κ1) is 9.66. The van der Waals surface area contributed by atoms with E-state index in [-0.39, 0.29) is 5.70 Å². The fourth-order valence-corrected chi connectivity index (χ4v) is 1.02. The molecule has 13 heavy (non-hydrogen) atoms. The quantitative estimate of drug-likeness (QED) is 0.510. The van der Waals surface area contributed by atoms with Crippen molar-refractivity contribution in [1.29, 1.82) is 5.53 Å². The zero-order chi connectivity index (χ0) is 9.84. The van der Waals surface area contributed by atoms with Crippen LogP contribution in [-0.2, 0) is 4.79 Å². The standard InChI is InChI=1S/C7H6BrN3O2/c8-4-1-2-5(10-3-4)6(11-9)7(12)13/h1-3,9-10H,(H,12,13)/b6-5-,11-9?. The zero-order valence-electron chi connectivity index (χ0n) is 6.41. The monoisotopic (exact) mass is 243 g/mol. The first-order valence-corrected chi connectivity index (χ1v) is 4.09. The molecule has 3 N–H and O–H groups in total. The highest BCUT2D eigenvalue weighted by atomic mass is 79.9. The minimum absolute atomic E-state index is 0.297. The van der Waals surface area contributed by atoms with E-state index < -0.39 is 5.97 Å². The number of nitrogens with zero attached hydrogens (tertiary/aromatic N) is 1. The molecule has 0 saturated carbocycles. The van der Waals surface area contributed by atoms with E-state index in [9.17, 15) is 4.79 Å². The summed E-state index contributed by atoms with van der Waals surface area (Å²) in [6.07, 6.45) is 4.77. The van der Waals surface area contributed by atoms with Gasteiger partial charge in [0.2, 0.25) is 0 Å². The molecule has 0 saturated heterocycles. The number of carboxylic acid groups (broad SMARTS) is 1. The smallest absolute Gasteiger partial charge is 0.358 e. The Balaban J connectivity index is 3.01. The molecule has 68 valence electrons.